The molecule has 0 aliphatic rings. The van der Waals surface area contributed by atoms with E-state index in [0.717, 1.165) is 22.3 Å². The number of benzene rings is 2. The molecule has 2 aromatic carbocycles. The van der Waals surface area contributed by atoms with Gasteiger partial charge in [0.05, 0.1) is 5.41 Å². The Balaban J connectivity index is 2.82. The highest BCUT2D eigenvalue weighted by atomic mass is 19.4. The summed E-state index contributed by atoms with van der Waals surface area (Å²) in [5, 5.41) is 0. The highest BCUT2D eigenvalue weighted by molar-refractivity contribution is 5.73. The molecule has 3 heteroatoms. The normalized spacial score (nSPS) is 12.9. The van der Waals surface area contributed by atoms with Gasteiger partial charge in [0.2, 0.25) is 0 Å². The summed E-state index contributed by atoms with van der Waals surface area (Å²) >= 11 is 0. The molecule has 0 aliphatic heterocycles. The van der Waals surface area contributed by atoms with Crippen LogP contribution in [0.2, 0.25) is 0 Å². The van der Waals surface area contributed by atoms with E-state index in [1.165, 1.54) is 19.4 Å². The summed E-state index contributed by atoms with van der Waals surface area (Å²) in [5.74, 6) is 0.264. The van der Waals surface area contributed by atoms with Crippen LogP contribution in [0, 0.1) is 6.92 Å². The van der Waals surface area contributed by atoms with Gasteiger partial charge < -0.3 is 0 Å². The number of halogens is 3. The summed E-state index contributed by atoms with van der Waals surface area (Å²) in [7, 11) is 0. The fourth-order valence-electron chi connectivity index (χ4n) is 3.18. The first kappa shape index (κ1) is 20.5. The molecule has 0 nitrogen and oxygen atoms in total. The lowest BCUT2D eigenvalue weighted by Gasteiger charge is -2.31. The van der Waals surface area contributed by atoms with Gasteiger partial charge >= 0.3 is 6.18 Å². The van der Waals surface area contributed by atoms with Crippen molar-refractivity contribution in [1.29, 1.82) is 0 Å². The van der Waals surface area contributed by atoms with E-state index in [1.54, 1.807) is 12.1 Å². The fourth-order valence-corrected chi connectivity index (χ4v) is 3.18. The number of aryl methyl sites for hydroxylation is 1. The monoisotopic (exact) mass is 362 g/mol. The van der Waals surface area contributed by atoms with Gasteiger partial charge in [0.15, 0.2) is 0 Å². The maximum Gasteiger partial charge on any atom is 0.397 e. The molecule has 0 heterocycles. The third-order valence-electron chi connectivity index (χ3n) is 5.21. The molecule has 0 fully saturated rings. The van der Waals surface area contributed by atoms with Crippen LogP contribution in [0.5, 0.6) is 0 Å². The molecule has 0 saturated carbocycles. The highest BCUT2D eigenvalue weighted by Gasteiger charge is 2.48. The third-order valence-corrected chi connectivity index (χ3v) is 5.21. The number of alkyl halides is 3. The second-order valence-electron chi connectivity index (χ2n) is 8.33. The molecular weight excluding hydrogens is 333 g/mol. The smallest absolute Gasteiger partial charge is 0.170 e. The molecule has 0 aliphatic carbocycles. The number of hydrogen-bond acceptors (Lipinski definition) is 0. The largest absolute Gasteiger partial charge is 0.397 e. The average molecular weight is 362 g/mol. The minimum Gasteiger partial charge on any atom is -0.170 e. The summed E-state index contributed by atoms with van der Waals surface area (Å²) in [5.41, 5.74) is 3.73. The van der Waals surface area contributed by atoms with E-state index < -0.39 is 11.6 Å². The van der Waals surface area contributed by atoms with E-state index in [4.69, 9.17) is 0 Å². The molecule has 0 amide bonds. The first-order valence-electron chi connectivity index (χ1n) is 9.18. The number of hydrogen-bond donors (Lipinski definition) is 0. The lowest BCUT2D eigenvalue weighted by molar-refractivity contribution is -0.180. The highest BCUT2D eigenvalue weighted by Crippen LogP contribution is 2.45. The van der Waals surface area contributed by atoms with Gasteiger partial charge in [-0.15, -0.1) is 0 Å². The zero-order valence-electron chi connectivity index (χ0n) is 16.8. The molecule has 0 unspecified atom stereocenters. The van der Waals surface area contributed by atoms with Crippen molar-refractivity contribution in [3.8, 4) is 11.1 Å². The summed E-state index contributed by atoms with van der Waals surface area (Å²) in [6, 6.07) is 11.8. The molecule has 2 rings (SSSR count). The van der Waals surface area contributed by atoms with Crippen molar-refractivity contribution in [3.63, 3.8) is 0 Å². The predicted molar refractivity (Wildman–Crippen MR) is 104 cm³/mol. The fraction of sp³-hybridized carbons (Fsp3) is 0.478. The molecule has 2 aromatic rings. The lowest BCUT2D eigenvalue weighted by atomic mass is 9.76. The Labute approximate surface area is 155 Å². The van der Waals surface area contributed by atoms with Crippen molar-refractivity contribution in [1.82, 2.24) is 0 Å². The van der Waals surface area contributed by atoms with Crippen LogP contribution in [0.1, 0.15) is 75.6 Å². The van der Waals surface area contributed by atoms with Crippen LogP contribution in [0.3, 0.4) is 0 Å². The Kier molecular flexibility index (Phi) is 5.60. The van der Waals surface area contributed by atoms with Gasteiger partial charge in [0, 0.05) is 0 Å². The standard InChI is InChI=1S/C23H29F3/c1-14(2)19-12-18(22(6,7)23(24,25)26)13-20(15(3)4)21(19)17-10-8-16(5)9-11-17/h8-15H,1-7H3. The van der Waals surface area contributed by atoms with E-state index in [-0.39, 0.29) is 11.8 Å². The Morgan fingerprint density at radius 3 is 1.54 bits per heavy atom. The quantitative estimate of drug-likeness (QED) is 0.521. The second-order valence-corrected chi connectivity index (χ2v) is 8.33. The van der Waals surface area contributed by atoms with Gasteiger partial charge in [-0.2, -0.15) is 13.2 Å². The van der Waals surface area contributed by atoms with Crippen molar-refractivity contribution in [2.75, 3.05) is 0 Å². The molecular formula is C23H29F3. The topological polar surface area (TPSA) is 0 Å². The van der Waals surface area contributed by atoms with Crippen molar-refractivity contribution >= 4 is 0 Å². The minimum absolute atomic E-state index is 0.132. The summed E-state index contributed by atoms with van der Waals surface area (Å²) in [6.45, 7) is 12.7. The summed E-state index contributed by atoms with van der Waals surface area (Å²) < 4.78 is 41.0. The van der Waals surface area contributed by atoms with E-state index in [0.29, 0.717) is 5.56 Å². The molecule has 0 aromatic heterocycles. The van der Waals surface area contributed by atoms with Crippen molar-refractivity contribution in [2.24, 2.45) is 0 Å². The maximum atomic E-state index is 13.7. The van der Waals surface area contributed by atoms with E-state index in [2.05, 4.69) is 24.3 Å². The van der Waals surface area contributed by atoms with Gasteiger partial charge in [0.1, 0.15) is 0 Å². The van der Waals surface area contributed by atoms with Crippen LogP contribution < -0.4 is 0 Å². The molecule has 0 atom stereocenters. The average Bonchev–Trinajstić information content (AvgIpc) is 2.53. The van der Waals surface area contributed by atoms with Crippen LogP contribution >= 0.6 is 0 Å². The number of rotatable bonds is 4. The zero-order chi connectivity index (χ0) is 19.9. The van der Waals surface area contributed by atoms with Gasteiger partial charge in [-0.25, -0.2) is 0 Å². The molecule has 0 radical (unpaired) electrons. The van der Waals surface area contributed by atoms with Gasteiger partial charge in [-0.1, -0.05) is 69.7 Å². The summed E-state index contributed by atoms with van der Waals surface area (Å²) in [4.78, 5) is 0. The Bertz CT molecular complexity index is 734. The third kappa shape index (κ3) is 3.82. The lowest BCUT2D eigenvalue weighted by Crippen LogP contribution is -2.36. The van der Waals surface area contributed by atoms with Crippen LogP contribution in [-0.2, 0) is 5.41 Å². The van der Waals surface area contributed by atoms with Gasteiger partial charge in [-0.3, -0.25) is 0 Å². The van der Waals surface area contributed by atoms with E-state index in [1.807, 2.05) is 34.6 Å². The predicted octanol–water partition coefficient (Wildman–Crippen LogP) is 7.75. The molecule has 142 valence electrons. The van der Waals surface area contributed by atoms with Crippen molar-refractivity contribution < 1.29 is 13.2 Å². The molecule has 0 spiro atoms. The summed E-state index contributed by atoms with van der Waals surface area (Å²) in [6.07, 6.45) is -4.29. The van der Waals surface area contributed by atoms with E-state index >= 15 is 0 Å². The first-order valence-corrected chi connectivity index (χ1v) is 9.18. The first-order chi connectivity index (χ1) is 11.9. The van der Waals surface area contributed by atoms with Crippen LogP contribution in [-0.4, -0.2) is 6.18 Å². The van der Waals surface area contributed by atoms with E-state index in [9.17, 15) is 13.2 Å². The minimum atomic E-state index is -4.29. The van der Waals surface area contributed by atoms with Crippen LogP contribution in [0.4, 0.5) is 13.2 Å². The van der Waals surface area contributed by atoms with Crippen molar-refractivity contribution in [3.05, 3.63) is 58.7 Å². The Morgan fingerprint density at radius 2 is 1.19 bits per heavy atom. The Morgan fingerprint density at radius 1 is 0.769 bits per heavy atom. The maximum absolute atomic E-state index is 13.7. The van der Waals surface area contributed by atoms with Crippen LogP contribution in [0.15, 0.2) is 36.4 Å². The molecule has 0 saturated heterocycles. The zero-order valence-corrected chi connectivity index (χ0v) is 16.8. The van der Waals surface area contributed by atoms with Crippen LogP contribution in [0.25, 0.3) is 11.1 Å². The molecule has 0 N–H and O–H groups in total. The van der Waals surface area contributed by atoms with Gasteiger partial charge in [0.25, 0.3) is 0 Å². The Hall–Kier alpha value is -1.77. The molecule has 0 bridgehead atoms. The second kappa shape index (κ2) is 7.09. The molecule has 26 heavy (non-hydrogen) atoms. The van der Waals surface area contributed by atoms with Gasteiger partial charge in [-0.05, 0) is 60.4 Å². The van der Waals surface area contributed by atoms with Crippen molar-refractivity contribution in [2.45, 2.75) is 71.9 Å². The SMILES string of the molecule is Cc1ccc(-c2c(C(C)C)cc(C(C)(C)C(F)(F)F)cc2C(C)C)cc1.